The van der Waals surface area contributed by atoms with Crippen molar-refractivity contribution in [1.29, 1.82) is 0 Å². The zero-order valence-electron chi connectivity index (χ0n) is 11.7. The van der Waals surface area contributed by atoms with Gasteiger partial charge in [0.15, 0.2) is 0 Å². The molecule has 0 atom stereocenters. The third-order valence-corrected chi connectivity index (χ3v) is 2.82. The molecule has 1 rings (SSSR count). The molecule has 0 saturated carbocycles. The van der Waals surface area contributed by atoms with Crippen molar-refractivity contribution in [3.8, 4) is 0 Å². The van der Waals surface area contributed by atoms with Gasteiger partial charge in [-0.3, -0.25) is 0 Å². The average molecular weight is 271 g/mol. The van der Waals surface area contributed by atoms with Crippen molar-refractivity contribution in [2.45, 2.75) is 13.8 Å². The number of rotatable bonds is 6. The molecule has 0 aromatic carbocycles. The lowest BCUT2D eigenvalue weighted by Crippen LogP contribution is -2.35. The molecular formula is C13H23ClN4. The lowest BCUT2D eigenvalue weighted by atomic mass is 10.2. The van der Waals surface area contributed by atoms with Gasteiger partial charge in [-0.1, -0.05) is 25.4 Å². The minimum atomic E-state index is 0.558. The number of nitrogens with two attached hydrogens (primary N) is 1. The van der Waals surface area contributed by atoms with Crippen molar-refractivity contribution in [3.05, 3.63) is 17.3 Å². The Morgan fingerprint density at radius 3 is 2.50 bits per heavy atom. The second kappa shape index (κ2) is 6.81. The van der Waals surface area contributed by atoms with Crippen molar-refractivity contribution in [2.75, 3.05) is 44.4 Å². The Balaban J connectivity index is 2.86. The monoisotopic (exact) mass is 270 g/mol. The van der Waals surface area contributed by atoms with Gasteiger partial charge in [-0.05, 0) is 26.1 Å². The first kappa shape index (κ1) is 15.1. The van der Waals surface area contributed by atoms with E-state index >= 15 is 0 Å². The Kier molecular flexibility index (Phi) is 5.69. The van der Waals surface area contributed by atoms with Gasteiger partial charge in [0, 0.05) is 19.6 Å². The average Bonchev–Trinajstić information content (AvgIpc) is 2.24. The lowest BCUT2D eigenvalue weighted by molar-refractivity contribution is 0.408. The number of halogens is 1. The normalized spacial score (nSPS) is 11.3. The first-order valence-corrected chi connectivity index (χ1v) is 6.58. The standard InChI is InChI=1S/C13H23ClN4/c1-10(2)9-18(6-5-17(3)4)13-12(14)7-11(15)8-16-13/h7-8,10H,5-6,9,15H2,1-4H3. The Morgan fingerprint density at radius 1 is 1.33 bits per heavy atom. The molecule has 0 aliphatic heterocycles. The summed E-state index contributed by atoms with van der Waals surface area (Å²) in [7, 11) is 4.12. The number of aromatic nitrogens is 1. The maximum absolute atomic E-state index is 6.23. The summed E-state index contributed by atoms with van der Waals surface area (Å²) in [4.78, 5) is 8.73. The molecule has 0 aliphatic carbocycles. The first-order valence-electron chi connectivity index (χ1n) is 6.21. The van der Waals surface area contributed by atoms with Crippen LogP contribution in [0.4, 0.5) is 11.5 Å². The maximum Gasteiger partial charge on any atom is 0.147 e. The summed E-state index contributed by atoms with van der Waals surface area (Å²) in [5.41, 5.74) is 6.28. The van der Waals surface area contributed by atoms with Crippen LogP contribution in [0, 0.1) is 5.92 Å². The molecule has 0 amide bonds. The van der Waals surface area contributed by atoms with E-state index in [9.17, 15) is 0 Å². The highest BCUT2D eigenvalue weighted by Gasteiger charge is 2.13. The SMILES string of the molecule is CC(C)CN(CCN(C)C)c1ncc(N)cc1Cl. The van der Waals surface area contributed by atoms with E-state index in [1.807, 2.05) is 0 Å². The van der Waals surface area contributed by atoms with Crippen LogP contribution in [0.2, 0.25) is 5.02 Å². The van der Waals surface area contributed by atoms with Gasteiger partial charge in [0.1, 0.15) is 5.82 Å². The Labute approximate surface area is 115 Å². The van der Waals surface area contributed by atoms with Crippen LogP contribution in [0.25, 0.3) is 0 Å². The molecule has 0 aliphatic rings. The van der Waals surface area contributed by atoms with E-state index in [1.165, 1.54) is 0 Å². The van der Waals surface area contributed by atoms with Crippen molar-refractivity contribution >= 4 is 23.1 Å². The summed E-state index contributed by atoms with van der Waals surface area (Å²) < 4.78 is 0. The van der Waals surface area contributed by atoms with Crippen LogP contribution in [0.3, 0.4) is 0 Å². The van der Waals surface area contributed by atoms with Gasteiger partial charge in [-0.2, -0.15) is 0 Å². The molecule has 1 heterocycles. The number of pyridine rings is 1. The third-order valence-electron chi connectivity index (χ3n) is 2.55. The summed E-state index contributed by atoms with van der Waals surface area (Å²) >= 11 is 6.23. The molecule has 102 valence electrons. The quantitative estimate of drug-likeness (QED) is 0.862. The van der Waals surface area contributed by atoms with Crippen molar-refractivity contribution in [2.24, 2.45) is 5.92 Å². The van der Waals surface area contributed by atoms with Gasteiger partial charge in [-0.15, -0.1) is 0 Å². The molecule has 4 nitrogen and oxygen atoms in total. The van der Waals surface area contributed by atoms with Gasteiger partial charge in [0.25, 0.3) is 0 Å². The Hall–Kier alpha value is -1.00. The van der Waals surface area contributed by atoms with Gasteiger partial charge in [-0.25, -0.2) is 4.98 Å². The van der Waals surface area contributed by atoms with E-state index in [0.29, 0.717) is 16.6 Å². The summed E-state index contributed by atoms with van der Waals surface area (Å²) in [5.74, 6) is 1.38. The van der Waals surface area contributed by atoms with Crippen LogP contribution in [0.5, 0.6) is 0 Å². The number of nitrogens with zero attached hydrogens (tertiary/aromatic N) is 3. The van der Waals surface area contributed by atoms with Crippen molar-refractivity contribution in [1.82, 2.24) is 9.88 Å². The zero-order chi connectivity index (χ0) is 13.7. The van der Waals surface area contributed by atoms with Crippen molar-refractivity contribution < 1.29 is 0 Å². The van der Waals surface area contributed by atoms with E-state index in [1.54, 1.807) is 12.3 Å². The van der Waals surface area contributed by atoms with Crippen LogP contribution in [-0.4, -0.2) is 43.6 Å². The van der Waals surface area contributed by atoms with E-state index in [2.05, 4.69) is 42.7 Å². The fourth-order valence-electron chi connectivity index (χ4n) is 1.72. The highest BCUT2D eigenvalue weighted by atomic mass is 35.5. The molecule has 0 fully saturated rings. The molecule has 5 heteroatoms. The molecular weight excluding hydrogens is 248 g/mol. The van der Waals surface area contributed by atoms with Crippen LogP contribution >= 0.6 is 11.6 Å². The minimum absolute atomic E-state index is 0.558. The summed E-state index contributed by atoms with van der Waals surface area (Å²) in [6.07, 6.45) is 1.66. The van der Waals surface area contributed by atoms with Crippen LogP contribution in [-0.2, 0) is 0 Å². The van der Waals surface area contributed by atoms with E-state index in [-0.39, 0.29) is 0 Å². The molecule has 0 radical (unpaired) electrons. The fourth-order valence-corrected chi connectivity index (χ4v) is 2.02. The number of nitrogen functional groups attached to an aromatic ring is 1. The van der Waals surface area contributed by atoms with Crippen LogP contribution in [0.15, 0.2) is 12.3 Å². The number of likely N-dealkylation sites (N-methyl/N-ethyl adjacent to an activating group) is 1. The summed E-state index contributed by atoms with van der Waals surface area (Å²) in [6, 6.07) is 1.76. The summed E-state index contributed by atoms with van der Waals surface area (Å²) in [6.45, 7) is 7.18. The predicted octanol–water partition coefficient (Wildman–Crippen LogP) is 2.34. The molecule has 2 N–H and O–H groups in total. The van der Waals surface area contributed by atoms with Crippen molar-refractivity contribution in [3.63, 3.8) is 0 Å². The highest BCUT2D eigenvalue weighted by molar-refractivity contribution is 6.33. The summed E-state index contributed by atoms with van der Waals surface area (Å²) in [5, 5.41) is 0.620. The van der Waals surface area contributed by atoms with Gasteiger partial charge < -0.3 is 15.5 Å². The minimum Gasteiger partial charge on any atom is -0.397 e. The predicted molar refractivity (Wildman–Crippen MR) is 79.3 cm³/mol. The van der Waals surface area contributed by atoms with E-state index in [0.717, 1.165) is 25.5 Å². The second-order valence-electron chi connectivity index (χ2n) is 5.22. The van der Waals surface area contributed by atoms with E-state index in [4.69, 9.17) is 17.3 Å². The van der Waals surface area contributed by atoms with Gasteiger partial charge >= 0.3 is 0 Å². The van der Waals surface area contributed by atoms with Crippen LogP contribution in [0.1, 0.15) is 13.8 Å². The molecule has 0 bridgehead atoms. The number of hydrogen-bond acceptors (Lipinski definition) is 4. The van der Waals surface area contributed by atoms with Crippen LogP contribution < -0.4 is 10.6 Å². The molecule has 1 aromatic rings. The largest absolute Gasteiger partial charge is 0.397 e. The molecule has 18 heavy (non-hydrogen) atoms. The van der Waals surface area contributed by atoms with E-state index < -0.39 is 0 Å². The first-order chi connectivity index (χ1) is 8.40. The van der Waals surface area contributed by atoms with Gasteiger partial charge in [0.2, 0.25) is 0 Å². The molecule has 1 aromatic heterocycles. The smallest absolute Gasteiger partial charge is 0.147 e. The Bertz CT molecular complexity index is 379. The topological polar surface area (TPSA) is 45.4 Å². The zero-order valence-corrected chi connectivity index (χ0v) is 12.4. The molecule has 0 saturated heterocycles. The third kappa shape index (κ3) is 4.70. The number of anilines is 2. The molecule has 0 spiro atoms. The lowest BCUT2D eigenvalue weighted by Gasteiger charge is -2.27. The van der Waals surface area contributed by atoms with Gasteiger partial charge in [0.05, 0.1) is 16.9 Å². The molecule has 0 unspecified atom stereocenters. The maximum atomic E-state index is 6.23. The second-order valence-corrected chi connectivity index (χ2v) is 5.62. The Morgan fingerprint density at radius 2 is 2.00 bits per heavy atom. The highest BCUT2D eigenvalue weighted by Crippen LogP contribution is 2.25. The fraction of sp³-hybridized carbons (Fsp3) is 0.615. The number of hydrogen-bond donors (Lipinski definition) is 1.